The number of carbonyl (C=O) groups excluding carboxylic acids is 3. The van der Waals surface area contributed by atoms with Gasteiger partial charge in [-0.05, 0) is 57.8 Å². The van der Waals surface area contributed by atoms with Crippen LogP contribution < -0.4 is 0 Å². The van der Waals surface area contributed by atoms with Crippen LogP contribution in [0.3, 0.4) is 0 Å². The standard InChI is InChI=1S/C55H94O6/c1-4-7-10-13-16-19-22-25-27-30-33-36-39-42-45-48-54(57)60-51-52(50-59-53(56)47-44-41-38-35-32-29-24-21-18-15-12-9-6-3)61-55(58)49-46-43-40-37-34-31-28-26-23-20-17-14-11-8-5-2/h7,9-10,12-13,15-16,18-19,21-22,24,52H,4-6,8,11,14,17,20,23,25-51H2,1-3H3/b10-7-,12-9-,16-13-,18-15-,22-19-,24-21-. The van der Waals surface area contributed by atoms with Crippen molar-refractivity contribution in [3.63, 3.8) is 0 Å². The highest BCUT2D eigenvalue weighted by molar-refractivity contribution is 5.71. The number of ether oxygens (including phenoxy) is 3. The molecule has 0 amide bonds. The fourth-order valence-corrected chi connectivity index (χ4v) is 7.03. The van der Waals surface area contributed by atoms with Crippen molar-refractivity contribution < 1.29 is 28.6 Å². The molecule has 350 valence electrons. The van der Waals surface area contributed by atoms with E-state index < -0.39 is 6.10 Å². The SMILES string of the molecule is CC\C=C/C=C\C=C/CCCCCCCCCC(=O)OCC(COC(=O)CCCCCCC\C=C/C=C\C=C/CC)OC(=O)CCCCCCCCCCCCCCCCC. The monoisotopic (exact) mass is 851 g/mol. The van der Waals surface area contributed by atoms with Crippen LogP contribution in [-0.4, -0.2) is 37.2 Å². The van der Waals surface area contributed by atoms with Crippen molar-refractivity contribution in [2.75, 3.05) is 13.2 Å². The van der Waals surface area contributed by atoms with Crippen LogP contribution in [0.15, 0.2) is 72.9 Å². The van der Waals surface area contributed by atoms with Gasteiger partial charge in [0.05, 0.1) is 0 Å². The zero-order chi connectivity index (χ0) is 44.4. The Kier molecular flexibility index (Phi) is 46.9. The van der Waals surface area contributed by atoms with Crippen LogP contribution in [0.2, 0.25) is 0 Å². The lowest BCUT2D eigenvalue weighted by Gasteiger charge is -2.18. The average molecular weight is 851 g/mol. The van der Waals surface area contributed by atoms with Crippen molar-refractivity contribution in [2.45, 2.75) is 245 Å². The molecule has 0 bridgehead atoms. The molecule has 6 heteroatoms. The molecule has 0 fully saturated rings. The predicted octanol–water partition coefficient (Wildman–Crippen LogP) is 16.6. The molecule has 6 nitrogen and oxygen atoms in total. The molecular formula is C55H94O6. The van der Waals surface area contributed by atoms with E-state index in [1.165, 1.54) is 103 Å². The third-order valence-corrected chi connectivity index (χ3v) is 10.8. The van der Waals surface area contributed by atoms with E-state index in [0.717, 1.165) is 96.3 Å². The lowest BCUT2D eigenvalue weighted by molar-refractivity contribution is -0.167. The molecule has 0 aliphatic heterocycles. The summed E-state index contributed by atoms with van der Waals surface area (Å²) < 4.78 is 16.8. The number of rotatable bonds is 45. The maximum absolute atomic E-state index is 12.8. The van der Waals surface area contributed by atoms with E-state index in [1.807, 2.05) is 0 Å². The fraction of sp³-hybridized carbons (Fsp3) is 0.727. The number of hydrogen-bond acceptors (Lipinski definition) is 6. The van der Waals surface area contributed by atoms with E-state index in [-0.39, 0.29) is 31.1 Å². The van der Waals surface area contributed by atoms with Gasteiger partial charge in [-0.3, -0.25) is 14.4 Å². The molecule has 1 unspecified atom stereocenters. The van der Waals surface area contributed by atoms with Gasteiger partial charge in [0, 0.05) is 19.3 Å². The second kappa shape index (κ2) is 49.5. The number of allylic oxidation sites excluding steroid dienone is 12. The molecule has 0 saturated carbocycles. The minimum absolute atomic E-state index is 0.0872. The van der Waals surface area contributed by atoms with Gasteiger partial charge < -0.3 is 14.2 Å². The molecule has 0 radical (unpaired) electrons. The summed E-state index contributed by atoms with van der Waals surface area (Å²) in [6.45, 7) is 6.35. The molecule has 0 spiro atoms. The summed E-state index contributed by atoms with van der Waals surface area (Å²) in [4.78, 5) is 38.0. The maximum atomic E-state index is 12.8. The summed E-state index contributed by atoms with van der Waals surface area (Å²) in [6.07, 6.45) is 61.7. The van der Waals surface area contributed by atoms with Gasteiger partial charge in [0.15, 0.2) is 6.10 Å². The lowest BCUT2D eigenvalue weighted by Crippen LogP contribution is -2.30. The van der Waals surface area contributed by atoms with Gasteiger partial charge >= 0.3 is 17.9 Å². The van der Waals surface area contributed by atoms with Crippen molar-refractivity contribution in [1.82, 2.24) is 0 Å². The zero-order valence-electron chi connectivity index (χ0n) is 39.9. The second-order valence-corrected chi connectivity index (χ2v) is 16.8. The topological polar surface area (TPSA) is 78.9 Å². The van der Waals surface area contributed by atoms with Gasteiger partial charge in [0.2, 0.25) is 0 Å². The third kappa shape index (κ3) is 47.7. The van der Waals surface area contributed by atoms with Crippen LogP contribution in [0.5, 0.6) is 0 Å². The molecule has 0 saturated heterocycles. The first-order valence-corrected chi connectivity index (χ1v) is 25.5. The molecule has 0 aromatic carbocycles. The molecule has 0 N–H and O–H groups in total. The lowest BCUT2D eigenvalue weighted by atomic mass is 10.0. The van der Waals surface area contributed by atoms with Gasteiger partial charge in [-0.1, -0.05) is 235 Å². The molecule has 0 aromatic heterocycles. The Bertz CT molecular complexity index is 1160. The maximum Gasteiger partial charge on any atom is 0.306 e. The fourth-order valence-electron chi connectivity index (χ4n) is 7.03. The van der Waals surface area contributed by atoms with Crippen LogP contribution in [0, 0.1) is 0 Å². The van der Waals surface area contributed by atoms with E-state index >= 15 is 0 Å². The normalized spacial score (nSPS) is 12.6. The summed E-state index contributed by atoms with van der Waals surface area (Å²) in [6, 6.07) is 0. The molecular weight excluding hydrogens is 757 g/mol. The van der Waals surface area contributed by atoms with Crippen LogP contribution in [0.25, 0.3) is 0 Å². The molecule has 0 aliphatic rings. The van der Waals surface area contributed by atoms with Crippen molar-refractivity contribution in [3.05, 3.63) is 72.9 Å². The number of carbonyl (C=O) groups is 3. The van der Waals surface area contributed by atoms with E-state index in [2.05, 4.69) is 93.7 Å². The number of esters is 3. The first-order valence-electron chi connectivity index (χ1n) is 25.5. The first kappa shape index (κ1) is 57.9. The first-order chi connectivity index (χ1) is 30.0. The largest absolute Gasteiger partial charge is 0.462 e. The van der Waals surface area contributed by atoms with Crippen LogP contribution >= 0.6 is 0 Å². The van der Waals surface area contributed by atoms with Crippen molar-refractivity contribution in [3.8, 4) is 0 Å². The van der Waals surface area contributed by atoms with Gasteiger partial charge in [-0.2, -0.15) is 0 Å². The van der Waals surface area contributed by atoms with Gasteiger partial charge in [0.25, 0.3) is 0 Å². The Labute approximate surface area is 376 Å². The van der Waals surface area contributed by atoms with E-state index in [9.17, 15) is 14.4 Å². The zero-order valence-corrected chi connectivity index (χ0v) is 39.9. The molecule has 1 atom stereocenters. The second-order valence-electron chi connectivity index (χ2n) is 16.8. The summed E-state index contributed by atoms with van der Waals surface area (Å²) in [5, 5.41) is 0. The summed E-state index contributed by atoms with van der Waals surface area (Å²) in [5.41, 5.74) is 0. The Morgan fingerprint density at radius 3 is 0.984 bits per heavy atom. The van der Waals surface area contributed by atoms with Gasteiger partial charge in [0.1, 0.15) is 13.2 Å². The summed E-state index contributed by atoms with van der Waals surface area (Å²) in [7, 11) is 0. The van der Waals surface area contributed by atoms with E-state index in [0.29, 0.717) is 19.3 Å². The predicted molar refractivity (Wildman–Crippen MR) is 261 cm³/mol. The summed E-state index contributed by atoms with van der Waals surface area (Å²) in [5.74, 6) is -0.915. The molecule has 61 heavy (non-hydrogen) atoms. The Morgan fingerprint density at radius 2 is 0.639 bits per heavy atom. The number of hydrogen-bond donors (Lipinski definition) is 0. The smallest absolute Gasteiger partial charge is 0.306 e. The van der Waals surface area contributed by atoms with Crippen molar-refractivity contribution in [2.24, 2.45) is 0 Å². The highest BCUT2D eigenvalue weighted by Crippen LogP contribution is 2.15. The Morgan fingerprint density at radius 1 is 0.344 bits per heavy atom. The van der Waals surface area contributed by atoms with Crippen LogP contribution in [0.4, 0.5) is 0 Å². The quantitative estimate of drug-likeness (QED) is 0.0263. The van der Waals surface area contributed by atoms with Gasteiger partial charge in [-0.15, -0.1) is 0 Å². The van der Waals surface area contributed by atoms with E-state index in [1.54, 1.807) is 0 Å². The Hall–Kier alpha value is -3.15. The van der Waals surface area contributed by atoms with E-state index in [4.69, 9.17) is 14.2 Å². The van der Waals surface area contributed by atoms with Gasteiger partial charge in [-0.25, -0.2) is 0 Å². The van der Waals surface area contributed by atoms with Crippen molar-refractivity contribution >= 4 is 17.9 Å². The Balaban J connectivity index is 4.41. The molecule has 0 heterocycles. The highest BCUT2D eigenvalue weighted by Gasteiger charge is 2.19. The average Bonchev–Trinajstić information content (AvgIpc) is 3.26. The highest BCUT2D eigenvalue weighted by atomic mass is 16.6. The number of unbranched alkanes of at least 4 members (excludes halogenated alkanes) is 26. The molecule has 0 aliphatic carbocycles. The minimum atomic E-state index is -0.786. The van der Waals surface area contributed by atoms with Crippen LogP contribution in [0.1, 0.15) is 239 Å². The summed E-state index contributed by atoms with van der Waals surface area (Å²) >= 11 is 0. The van der Waals surface area contributed by atoms with Crippen LogP contribution in [-0.2, 0) is 28.6 Å². The molecule has 0 rings (SSSR count). The molecule has 0 aromatic rings. The van der Waals surface area contributed by atoms with Crippen molar-refractivity contribution in [1.29, 1.82) is 0 Å². The minimum Gasteiger partial charge on any atom is -0.462 e. The third-order valence-electron chi connectivity index (χ3n) is 10.8.